The Morgan fingerprint density at radius 3 is 2.47 bits per heavy atom. The van der Waals surface area contributed by atoms with E-state index in [0.717, 1.165) is 16.7 Å². The van der Waals surface area contributed by atoms with Crippen molar-refractivity contribution in [3.8, 4) is 0 Å². The molecule has 3 aliphatic carbocycles. The van der Waals surface area contributed by atoms with E-state index in [1.807, 2.05) is 0 Å². The van der Waals surface area contributed by atoms with Crippen LogP contribution in [0.3, 0.4) is 0 Å². The Labute approximate surface area is 94.8 Å². The van der Waals surface area contributed by atoms with Gasteiger partial charge in [0.15, 0.2) is 0 Å². The molecule has 0 aliphatic heterocycles. The Morgan fingerprint density at radius 1 is 0.867 bits per heavy atom. The quantitative estimate of drug-likeness (QED) is 0.535. The summed E-state index contributed by atoms with van der Waals surface area (Å²) in [6, 6.07) is 0. The third kappa shape index (κ3) is 1.33. The summed E-state index contributed by atoms with van der Waals surface area (Å²) >= 11 is 0. The molecule has 0 aromatic heterocycles. The molecule has 0 amide bonds. The second kappa shape index (κ2) is 2.81. The maximum absolute atomic E-state index is 2.56. The van der Waals surface area contributed by atoms with Gasteiger partial charge in [-0.25, -0.2) is 0 Å². The summed E-state index contributed by atoms with van der Waals surface area (Å²) in [5, 5.41) is 0. The zero-order valence-electron chi connectivity index (χ0n) is 10.7. The topological polar surface area (TPSA) is 0 Å². The number of hydrogen-bond acceptors (Lipinski definition) is 0. The van der Waals surface area contributed by atoms with Crippen LogP contribution in [-0.4, -0.2) is 0 Å². The van der Waals surface area contributed by atoms with Gasteiger partial charge in [-0.1, -0.05) is 27.2 Å². The van der Waals surface area contributed by atoms with E-state index in [9.17, 15) is 0 Å². The average molecular weight is 206 g/mol. The molecule has 0 N–H and O–H groups in total. The summed E-state index contributed by atoms with van der Waals surface area (Å²) in [5.41, 5.74) is 2.17. The van der Waals surface area contributed by atoms with Crippen LogP contribution in [0.1, 0.15) is 72.1 Å². The zero-order valence-corrected chi connectivity index (χ0v) is 10.7. The lowest BCUT2D eigenvalue weighted by Crippen LogP contribution is -2.44. The molecule has 3 rings (SSSR count). The van der Waals surface area contributed by atoms with Gasteiger partial charge in [-0.3, -0.25) is 0 Å². The van der Waals surface area contributed by atoms with Gasteiger partial charge in [0, 0.05) is 0 Å². The van der Waals surface area contributed by atoms with Gasteiger partial charge >= 0.3 is 0 Å². The average Bonchev–Trinajstić information content (AvgIpc) is 2.36. The second-order valence-electron chi connectivity index (χ2n) is 7.78. The highest BCUT2D eigenvalue weighted by atomic mass is 14.6. The SMILES string of the molecule is CC12CCCC3(CCC(C)(C)C3CC1)C2. The van der Waals surface area contributed by atoms with Crippen LogP contribution >= 0.6 is 0 Å². The molecule has 3 unspecified atom stereocenters. The van der Waals surface area contributed by atoms with Gasteiger partial charge in [-0.05, 0) is 67.1 Å². The van der Waals surface area contributed by atoms with E-state index < -0.39 is 0 Å². The second-order valence-corrected chi connectivity index (χ2v) is 7.78. The molecular weight excluding hydrogens is 180 g/mol. The van der Waals surface area contributed by atoms with E-state index in [-0.39, 0.29) is 0 Å². The molecule has 15 heavy (non-hydrogen) atoms. The molecular formula is C15H26. The van der Waals surface area contributed by atoms with Crippen molar-refractivity contribution in [3.63, 3.8) is 0 Å². The van der Waals surface area contributed by atoms with Gasteiger partial charge in [0.25, 0.3) is 0 Å². The fourth-order valence-electron chi connectivity index (χ4n) is 5.56. The fourth-order valence-corrected chi connectivity index (χ4v) is 5.56. The minimum atomic E-state index is 0.651. The molecule has 3 fully saturated rings. The lowest BCUT2D eigenvalue weighted by molar-refractivity contribution is -0.0440. The summed E-state index contributed by atoms with van der Waals surface area (Å²) < 4.78 is 0. The van der Waals surface area contributed by atoms with Crippen molar-refractivity contribution in [2.24, 2.45) is 22.2 Å². The molecule has 0 heterocycles. The van der Waals surface area contributed by atoms with E-state index in [1.165, 1.54) is 32.1 Å². The summed E-state index contributed by atoms with van der Waals surface area (Å²) in [5.74, 6) is 1.05. The first kappa shape index (κ1) is 10.2. The molecule has 3 aliphatic rings. The highest BCUT2D eigenvalue weighted by Crippen LogP contribution is 2.68. The van der Waals surface area contributed by atoms with Crippen molar-refractivity contribution < 1.29 is 0 Å². The lowest BCUT2D eigenvalue weighted by atomic mass is 9.50. The van der Waals surface area contributed by atoms with Crippen LogP contribution in [0.5, 0.6) is 0 Å². The van der Waals surface area contributed by atoms with Crippen LogP contribution in [0.15, 0.2) is 0 Å². The van der Waals surface area contributed by atoms with Crippen molar-refractivity contribution in [1.82, 2.24) is 0 Å². The fraction of sp³-hybridized carbons (Fsp3) is 1.00. The van der Waals surface area contributed by atoms with Crippen molar-refractivity contribution >= 4 is 0 Å². The van der Waals surface area contributed by atoms with Gasteiger partial charge in [0.05, 0.1) is 0 Å². The molecule has 0 nitrogen and oxygen atoms in total. The van der Waals surface area contributed by atoms with Crippen LogP contribution in [-0.2, 0) is 0 Å². The maximum atomic E-state index is 2.56. The molecule has 0 heteroatoms. The molecule has 1 spiro atoms. The largest absolute Gasteiger partial charge is 0.0596 e. The Hall–Kier alpha value is 0. The molecule has 2 bridgehead atoms. The standard InChI is InChI=1S/C15H26/c1-13(2)9-10-15-7-4-6-14(3,11-15)8-5-12(13)15/h12H,4-11H2,1-3H3. The monoisotopic (exact) mass is 206 g/mol. The Balaban J connectivity index is 1.95. The summed E-state index contributed by atoms with van der Waals surface area (Å²) in [7, 11) is 0. The third-order valence-corrected chi connectivity index (χ3v) is 6.22. The smallest absolute Gasteiger partial charge is 0.0259 e. The van der Waals surface area contributed by atoms with Crippen LogP contribution < -0.4 is 0 Å². The Morgan fingerprint density at radius 2 is 1.67 bits per heavy atom. The van der Waals surface area contributed by atoms with Crippen LogP contribution in [0.25, 0.3) is 0 Å². The first-order chi connectivity index (χ1) is 6.96. The van der Waals surface area contributed by atoms with Gasteiger partial charge < -0.3 is 0 Å². The van der Waals surface area contributed by atoms with Crippen molar-refractivity contribution in [3.05, 3.63) is 0 Å². The molecule has 0 radical (unpaired) electrons. The van der Waals surface area contributed by atoms with Gasteiger partial charge in [0.2, 0.25) is 0 Å². The summed E-state index contributed by atoms with van der Waals surface area (Å²) in [6.07, 6.45) is 12.2. The lowest BCUT2D eigenvalue weighted by Gasteiger charge is -2.55. The third-order valence-electron chi connectivity index (χ3n) is 6.22. The predicted molar refractivity (Wildman–Crippen MR) is 64.7 cm³/mol. The molecule has 0 aromatic rings. The van der Waals surface area contributed by atoms with Gasteiger partial charge in [0.1, 0.15) is 0 Å². The van der Waals surface area contributed by atoms with Crippen molar-refractivity contribution in [2.45, 2.75) is 72.1 Å². The van der Waals surface area contributed by atoms with E-state index in [2.05, 4.69) is 20.8 Å². The minimum Gasteiger partial charge on any atom is -0.0596 e. The van der Waals surface area contributed by atoms with E-state index in [4.69, 9.17) is 0 Å². The van der Waals surface area contributed by atoms with E-state index in [1.54, 1.807) is 19.3 Å². The highest BCUT2D eigenvalue weighted by Gasteiger charge is 2.58. The van der Waals surface area contributed by atoms with Crippen LogP contribution in [0.2, 0.25) is 0 Å². The maximum Gasteiger partial charge on any atom is -0.0259 e. The van der Waals surface area contributed by atoms with Crippen molar-refractivity contribution in [1.29, 1.82) is 0 Å². The molecule has 3 atom stereocenters. The van der Waals surface area contributed by atoms with Crippen LogP contribution in [0, 0.1) is 22.2 Å². The number of rotatable bonds is 0. The highest BCUT2D eigenvalue weighted by molar-refractivity contribution is 5.08. The minimum absolute atomic E-state index is 0.651. The van der Waals surface area contributed by atoms with Crippen LogP contribution in [0.4, 0.5) is 0 Å². The molecule has 3 saturated carbocycles. The molecule has 0 aromatic carbocycles. The number of hydrogen-bond donors (Lipinski definition) is 0. The summed E-state index contributed by atoms with van der Waals surface area (Å²) in [6.45, 7) is 7.63. The summed E-state index contributed by atoms with van der Waals surface area (Å²) in [4.78, 5) is 0. The van der Waals surface area contributed by atoms with Crippen molar-refractivity contribution in [2.75, 3.05) is 0 Å². The zero-order chi connectivity index (χ0) is 10.7. The first-order valence-corrected chi connectivity index (χ1v) is 6.96. The Bertz CT molecular complexity index is 278. The molecule has 86 valence electrons. The number of fused-ring (bicyclic) bond motifs is 1. The normalized spacial score (nSPS) is 52.6. The Kier molecular flexibility index (Phi) is 1.91. The first-order valence-electron chi connectivity index (χ1n) is 6.96. The molecule has 0 saturated heterocycles. The van der Waals surface area contributed by atoms with Gasteiger partial charge in [-0.2, -0.15) is 0 Å². The van der Waals surface area contributed by atoms with Gasteiger partial charge in [-0.15, -0.1) is 0 Å². The van der Waals surface area contributed by atoms with E-state index >= 15 is 0 Å². The van der Waals surface area contributed by atoms with E-state index in [0.29, 0.717) is 5.41 Å². The predicted octanol–water partition coefficient (Wildman–Crippen LogP) is 4.78.